The molecule has 0 spiro atoms. The minimum atomic E-state index is 0.0637. The highest BCUT2D eigenvalue weighted by Gasteiger charge is 2.20. The van der Waals surface area contributed by atoms with Gasteiger partial charge in [-0.25, -0.2) is 0 Å². The summed E-state index contributed by atoms with van der Waals surface area (Å²) in [7, 11) is 3.32. The number of Topliss-reactive ketones (excluding diaryl/α,β-unsaturated/α-hetero) is 1. The summed E-state index contributed by atoms with van der Waals surface area (Å²) in [5.74, 6) is 0.615. The zero-order chi connectivity index (χ0) is 13.0. The van der Waals surface area contributed by atoms with Gasteiger partial charge in [-0.1, -0.05) is 0 Å². The van der Waals surface area contributed by atoms with Crippen molar-refractivity contribution in [2.24, 2.45) is 7.05 Å². The van der Waals surface area contributed by atoms with E-state index in [4.69, 9.17) is 4.74 Å². The Morgan fingerprint density at radius 1 is 1.50 bits per heavy atom. The molecule has 6 heteroatoms. The minimum Gasteiger partial charge on any atom is -0.493 e. The van der Waals surface area contributed by atoms with Gasteiger partial charge < -0.3 is 10.1 Å². The SMILES string of the molecule is COc1cnn(C)c1C(=O)CN1CCCNCC1. The number of nitrogens with zero attached hydrogens (tertiary/aromatic N) is 3. The summed E-state index contributed by atoms with van der Waals surface area (Å²) in [5.41, 5.74) is 0.551. The van der Waals surface area contributed by atoms with Crippen LogP contribution in [0.25, 0.3) is 0 Å². The third-order valence-electron chi connectivity index (χ3n) is 3.19. The average molecular weight is 252 g/mol. The van der Waals surface area contributed by atoms with E-state index >= 15 is 0 Å². The number of rotatable bonds is 4. The van der Waals surface area contributed by atoms with Crippen LogP contribution >= 0.6 is 0 Å². The monoisotopic (exact) mass is 252 g/mol. The lowest BCUT2D eigenvalue weighted by molar-refractivity contribution is 0.0922. The summed E-state index contributed by atoms with van der Waals surface area (Å²) in [6.07, 6.45) is 2.66. The molecular weight excluding hydrogens is 232 g/mol. The summed E-state index contributed by atoms with van der Waals surface area (Å²) in [6.45, 7) is 4.26. The predicted molar refractivity (Wildman–Crippen MR) is 68.0 cm³/mol. The van der Waals surface area contributed by atoms with Gasteiger partial charge in [0, 0.05) is 20.1 Å². The molecule has 0 atom stereocenters. The van der Waals surface area contributed by atoms with E-state index in [1.807, 2.05) is 0 Å². The van der Waals surface area contributed by atoms with Crippen molar-refractivity contribution in [2.45, 2.75) is 6.42 Å². The first kappa shape index (κ1) is 13.0. The molecule has 6 nitrogen and oxygen atoms in total. The predicted octanol–water partition coefficient (Wildman–Crippen LogP) is -0.0933. The van der Waals surface area contributed by atoms with E-state index < -0.39 is 0 Å². The number of carbonyl (C=O) groups excluding carboxylic acids is 1. The Hall–Kier alpha value is -1.40. The van der Waals surface area contributed by atoms with E-state index in [1.165, 1.54) is 0 Å². The van der Waals surface area contributed by atoms with Crippen LogP contribution in [0.3, 0.4) is 0 Å². The highest BCUT2D eigenvalue weighted by molar-refractivity contribution is 5.98. The maximum absolute atomic E-state index is 12.3. The average Bonchev–Trinajstić information content (AvgIpc) is 2.57. The standard InChI is InChI=1S/C12H20N4O2/c1-15-12(11(18-2)8-14-15)10(17)9-16-6-3-4-13-5-7-16/h8,13H,3-7,9H2,1-2H3. The van der Waals surface area contributed by atoms with Crippen LogP contribution in [0.1, 0.15) is 16.9 Å². The van der Waals surface area contributed by atoms with Crippen LogP contribution < -0.4 is 10.1 Å². The van der Waals surface area contributed by atoms with Crippen molar-refractivity contribution in [3.8, 4) is 5.75 Å². The Morgan fingerprint density at radius 2 is 2.33 bits per heavy atom. The van der Waals surface area contributed by atoms with E-state index in [9.17, 15) is 4.79 Å². The van der Waals surface area contributed by atoms with Gasteiger partial charge in [0.25, 0.3) is 0 Å². The lowest BCUT2D eigenvalue weighted by atomic mass is 10.2. The number of aryl methyl sites for hydroxylation is 1. The van der Waals surface area contributed by atoms with Gasteiger partial charge in [0.2, 0.25) is 0 Å². The molecule has 0 amide bonds. The lowest BCUT2D eigenvalue weighted by Gasteiger charge is -2.18. The highest BCUT2D eigenvalue weighted by atomic mass is 16.5. The second-order valence-electron chi connectivity index (χ2n) is 4.49. The third kappa shape index (κ3) is 2.88. The minimum absolute atomic E-state index is 0.0637. The fourth-order valence-electron chi connectivity index (χ4n) is 2.22. The van der Waals surface area contributed by atoms with Crippen molar-refractivity contribution in [1.82, 2.24) is 20.0 Å². The van der Waals surface area contributed by atoms with Gasteiger partial charge in [-0.05, 0) is 19.5 Å². The van der Waals surface area contributed by atoms with Crippen LogP contribution in [0.5, 0.6) is 5.75 Å². The fraction of sp³-hybridized carbons (Fsp3) is 0.667. The molecule has 1 N–H and O–H groups in total. The second-order valence-corrected chi connectivity index (χ2v) is 4.49. The largest absolute Gasteiger partial charge is 0.493 e. The molecule has 1 aliphatic heterocycles. The van der Waals surface area contributed by atoms with Crippen molar-refractivity contribution in [3.05, 3.63) is 11.9 Å². The summed E-state index contributed by atoms with van der Waals surface area (Å²) >= 11 is 0. The van der Waals surface area contributed by atoms with Crippen molar-refractivity contribution in [2.75, 3.05) is 39.8 Å². The molecular formula is C12H20N4O2. The molecule has 0 aromatic carbocycles. The van der Waals surface area contributed by atoms with Crippen molar-refractivity contribution in [1.29, 1.82) is 0 Å². The molecule has 100 valence electrons. The summed E-state index contributed by atoms with van der Waals surface area (Å²) in [6, 6.07) is 0. The number of ether oxygens (including phenoxy) is 1. The third-order valence-corrected chi connectivity index (χ3v) is 3.19. The molecule has 0 saturated carbocycles. The molecule has 1 aromatic heterocycles. The Balaban J connectivity index is 2.04. The van der Waals surface area contributed by atoms with Gasteiger partial charge in [-0.2, -0.15) is 5.10 Å². The van der Waals surface area contributed by atoms with Crippen molar-refractivity contribution < 1.29 is 9.53 Å². The van der Waals surface area contributed by atoms with Crippen LogP contribution in [0, 0.1) is 0 Å². The van der Waals surface area contributed by atoms with Gasteiger partial charge in [0.1, 0.15) is 5.69 Å². The lowest BCUT2D eigenvalue weighted by Crippen LogP contribution is -2.33. The topological polar surface area (TPSA) is 59.4 Å². The van der Waals surface area contributed by atoms with E-state index in [-0.39, 0.29) is 5.78 Å². The summed E-state index contributed by atoms with van der Waals surface area (Å²) in [5, 5.41) is 7.38. The van der Waals surface area contributed by atoms with Crippen molar-refractivity contribution >= 4 is 5.78 Å². The Labute approximate surface area is 107 Å². The van der Waals surface area contributed by atoms with Crippen LogP contribution in [0.2, 0.25) is 0 Å². The molecule has 1 fully saturated rings. The molecule has 0 aliphatic carbocycles. The summed E-state index contributed by atoms with van der Waals surface area (Å²) < 4.78 is 6.75. The van der Waals surface area contributed by atoms with Gasteiger partial charge in [-0.15, -0.1) is 0 Å². The number of methoxy groups -OCH3 is 1. The van der Waals surface area contributed by atoms with Crippen LogP contribution in [-0.2, 0) is 7.05 Å². The number of aromatic nitrogens is 2. The molecule has 2 rings (SSSR count). The Morgan fingerprint density at radius 3 is 3.11 bits per heavy atom. The first-order chi connectivity index (χ1) is 8.72. The van der Waals surface area contributed by atoms with Gasteiger partial charge in [0.05, 0.1) is 19.9 Å². The molecule has 2 heterocycles. The van der Waals surface area contributed by atoms with Crippen LogP contribution in [0.4, 0.5) is 0 Å². The van der Waals surface area contributed by atoms with E-state index in [0.29, 0.717) is 18.0 Å². The zero-order valence-electron chi connectivity index (χ0n) is 11.0. The number of nitrogens with one attached hydrogen (secondary N) is 1. The van der Waals surface area contributed by atoms with E-state index in [1.54, 1.807) is 25.0 Å². The number of ketones is 1. The quantitative estimate of drug-likeness (QED) is 0.759. The molecule has 1 saturated heterocycles. The molecule has 1 aliphatic rings. The molecule has 0 unspecified atom stereocenters. The maximum atomic E-state index is 12.3. The molecule has 18 heavy (non-hydrogen) atoms. The molecule has 0 bridgehead atoms. The van der Waals surface area contributed by atoms with Gasteiger partial charge >= 0.3 is 0 Å². The van der Waals surface area contributed by atoms with Crippen LogP contribution in [-0.4, -0.2) is 60.3 Å². The van der Waals surface area contributed by atoms with Gasteiger partial charge in [-0.3, -0.25) is 14.4 Å². The number of hydrogen-bond acceptors (Lipinski definition) is 5. The fourth-order valence-corrected chi connectivity index (χ4v) is 2.22. The smallest absolute Gasteiger partial charge is 0.198 e. The van der Waals surface area contributed by atoms with Crippen LogP contribution in [0.15, 0.2) is 6.20 Å². The number of carbonyl (C=O) groups is 1. The highest BCUT2D eigenvalue weighted by Crippen LogP contribution is 2.17. The Bertz CT molecular complexity index is 408. The molecule has 0 radical (unpaired) electrons. The van der Waals surface area contributed by atoms with E-state index in [2.05, 4.69) is 15.3 Å². The number of hydrogen-bond donors (Lipinski definition) is 1. The summed E-state index contributed by atoms with van der Waals surface area (Å²) in [4.78, 5) is 14.5. The maximum Gasteiger partial charge on any atom is 0.198 e. The normalized spacial score (nSPS) is 17.4. The van der Waals surface area contributed by atoms with Gasteiger partial charge in [0.15, 0.2) is 11.5 Å². The van der Waals surface area contributed by atoms with E-state index in [0.717, 1.165) is 32.6 Å². The first-order valence-electron chi connectivity index (χ1n) is 6.24. The second kappa shape index (κ2) is 5.97. The zero-order valence-corrected chi connectivity index (χ0v) is 11.0. The Kier molecular flexibility index (Phi) is 4.33. The first-order valence-corrected chi connectivity index (χ1v) is 6.24. The molecule has 1 aromatic rings. The van der Waals surface area contributed by atoms with Crippen molar-refractivity contribution in [3.63, 3.8) is 0 Å².